The summed E-state index contributed by atoms with van der Waals surface area (Å²) in [5, 5.41) is 0. The van der Waals surface area contributed by atoms with Crippen molar-refractivity contribution in [1.82, 2.24) is 0 Å². The van der Waals surface area contributed by atoms with E-state index < -0.39 is 5.92 Å². The molecule has 1 aliphatic heterocycles. The average Bonchev–Trinajstić information content (AvgIpc) is 2.09. The molecule has 1 aliphatic rings. The number of hydrogen-bond acceptors (Lipinski definition) is 3. The first-order valence-electron chi connectivity index (χ1n) is 4.65. The maximum absolute atomic E-state index is 11.3. The van der Waals surface area contributed by atoms with E-state index in [4.69, 9.17) is 4.74 Å². The minimum Gasteiger partial charge on any atom is -0.465 e. The van der Waals surface area contributed by atoms with E-state index in [-0.39, 0.29) is 11.8 Å². The number of esters is 1. The van der Waals surface area contributed by atoms with Crippen LogP contribution in [0.1, 0.15) is 13.3 Å². The molecule has 0 aromatic carbocycles. The van der Waals surface area contributed by atoms with E-state index in [0.717, 1.165) is 6.54 Å². The molecule has 1 saturated heterocycles. The highest BCUT2D eigenvalue weighted by Crippen LogP contribution is 2.05. The largest absolute Gasteiger partial charge is 0.465 e. The molecule has 0 spiro atoms. The topological polar surface area (TPSA) is 47.8 Å². The van der Waals surface area contributed by atoms with E-state index >= 15 is 0 Å². The van der Waals surface area contributed by atoms with E-state index in [1.54, 1.807) is 6.92 Å². The van der Waals surface area contributed by atoms with Crippen molar-refractivity contribution in [2.45, 2.75) is 13.3 Å². The van der Waals surface area contributed by atoms with Crippen molar-refractivity contribution in [3.05, 3.63) is 0 Å². The molecule has 1 rings (SSSR count). The Kier molecular flexibility index (Phi) is 3.42. The van der Waals surface area contributed by atoms with E-state index in [9.17, 15) is 9.59 Å². The first-order chi connectivity index (χ1) is 6.15. The minimum absolute atomic E-state index is 0.0315. The Morgan fingerprint density at radius 2 is 2.38 bits per heavy atom. The quantitative estimate of drug-likeness (QED) is 0.428. The second kappa shape index (κ2) is 4.37. The maximum atomic E-state index is 11.3. The first kappa shape index (κ1) is 10.2. The molecule has 0 saturated carbocycles. The van der Waals surface area contributed by atoms with Crippen molar-refractivity contribution in [3.63, 3.8) is 0 Å². The van der Waals surface area contributed by atoms with Crippen LogP contribution in [-0.4, -0.2) is 38.5 Å². The van der Waals surface area contributed by atoms with E-state index in [1.807, 2.05) is 7.05 Å². The zero-order valence-corrected chi connectivity index (χ0v) is 8.13. The zero-order chi connectivity index (χ0) is 9.84. The number of piperidine rings is 1. The molecule has 1 N–H and O–H groups in total. The van der Waals surface area contributed by atoms with Crippen LogP contribution in [0.4, 0.5) is 0 Å². The molecule has 1 heterocycles. The molecule has 13 heavy (non-hydrogen) atoms. The number of likely N-dealkylation sites (tertiary alicyclic amines) is 1. The van der Waals surface area contributed by atoms with Crippen LogP contribution in [-0.2, 0) is 14.3 Å². The van der Waals surface area contributed by atoms with Gasteiger partial charge in [0.05, 0.1) is 33.2 Å². The molecule has 4 nitrogen and oxygen atoms in total. The number of ether oxygens (including phenoxy) is 1. The molecule has 0 aromatic rings. The lowest BCUT2D eigenvalue weighted by Gasteiger charge is -2.24. The van der Waals surface area contributed by atoms with Crippen LogP contribution in [0.5, 0.6) is 0 Å². The molecule has 0 bridgehead atoms. The normalized spacial score (nSPS) is 28.6. The summed E-state index contributed by atoms with van der Waals surface area (Å²) in [6, 6.07) is 0. The van der Waals surface area contributed by atoms with Crippen LogP contribution in [0, 0.1) is 5.92 Å². The summed E-state index contributed by atoms with van der Waals surface area (Å²) in [6.45, 7) is 3.51. The van der Waals surface area contributed by atoms with Gasteiger partial charge in [0.1, 0.15) is 0 Å². The van der Waals surface area contributed by atoms with Gasteiger partial charge in [0.25, 0.3) is 0 Å². The Bertz CT molecular complexity index is 215. The highest BCUT2D eigenvalue weighted by atomic mass is 16.5. The zero-order valence-electron chi connectivity index (χ0n) is 8.13. The first-order valence-corrected chi connectivity index (χ1v) is 4.65. The van der Waals surface area contributed by atoms with Crippen LogP contribution in [0.15, 0.2) is 0 Å². The summed E-state index contributed by atoms with van der Waals surface area (Å²) in [6.07, 6.45) is 0.495. The van der Waals surface area contributed by atoms with E-state index in [2.05, 4.69) is 0 Å². The fraction of sp³-hybridized carbons (Fsp3) is 0.778. The van der Waals surface area contributed by atoms with E-state index in [0.29, 0.717) is 19.6 Å². The summed E-state index contributed by atoms with van der Waals surface area (Å²) >= 11 is 0. The van der Waals surface area contributed by atoms with Crippen molar-refractivity contribution >= 4 is 11.8 Å². The van der Waals surface area contributed by atoms with Crippen molar-refractivity contribution in [3.8, 4) is 0 Å². The van der Waals surface area contributed by atoms with Gasteiger partial charge in [-0.2, -0.15) is 0 Å². The molecule has 0 aliphatic carbocycles. The summed E-state index contributed by atoms with van der Waals surface area (Å²) < 4.78 is 4.83. The van der Waals surface area contributed by atoms with Gasteiger partial charge in [0, 0.05) is 0 Å². The van der Waals surface area contributed by atoms with Crippen LogP contribution < -0.4 is 4.90 Å². The van der Waals surface area contributed by atoms with Gasteiger partial charge in [-0.1, -0.05) is 0 Å². The number of nitrogens with one attached hydrogen (secondary N) is 1. The number of quaternary nitrogens is 1. The Morgan fingerprint density at radius 1 is 1.69 bits per heavy atom. The molecule has 0 aromatic heterocycles. The van der Waals surface area contributed by atoms with Crippen LogP contribution >= 0.6 is 0 Å². The summed E-state index contributed by atoms with van der Waals surface area (Å²) in [5.41, 5.74) is 0. The number of carbonyl (C=O) groups is 2. The third-order valence-electron chi connectivity index (χ3n) is 2.31. The van der Waals surface area contributed by atoms with Gasteiger partial charge >= 0.3 is 5.97 Å². The van der Waals surface area contributed by atoms with Crippen LogP contribution in [0.3, 0.4) is 0 Å². The van der Waals surface area contributed by atoms with Gasteiger partial charge in [0.2, 0.25) is 0 Å². The monoisotopic (exact) mass is 186 g/mol. The SMILES string of the molecule is CCOC(=O)C1C[NH+](C)CCC1=O. The van der Waals surface area contributed by atoms with Crippen molar-refractivity contribution in [2.24, 2.45) is 5.92 Å². The number of rotatable bonds is 2. The van der Waals surface area contributed by atoms with Gasteiger partial charge in [-0.3, -0.25) is 9.59 Å². The number of carbonyl (C=O) groups excluding carboxylic acids is 2. The Balaban J connectivity index is 2.55. The third-order valence-corrected chi connectivity index (χ3v) is 2.31. The van der Waals surface area contributed by atoms with Gasteiger partial charge in [0.15, 0.2) is 11.7 Å². The van der Waals surface area contributed by atoms with Gasteiger partial charge in [-0.15, -0.1) is 0 Å². The molecule has 2 unspecified atom stereocenters. The lowest BCUT2D eigenvalue weighted by Crippen LogP contribution is -3.11. The molecule has 74 valence electrons. The molecule has 0 radical (unpaired) electrons. The van der Waals surface area contributed by atoms with Gasteiger partial charge in [-0.05, 0) is 6.92 Å². The predicted molar refractivity (Wildman–Crippen MR) is 46.4 cm³/mol. The lowest BCUT2D eigenvalue weighted by molar-refractivity contribution is -0.883. The minimum atomic E-state index is -0.520. The second-order valence-electron chi connectivity index (χ2n) is 3.43. The Morgan fingerprint density at radius 3 is 3.00 bits per heavy atom. The summed E-state index contributed by atoms with van der Waals surface area (Å²) in [5.74, 6) is -0.843. The maximum Gasteiger partial charge on any atom is 0.322 e. The highest BCUT2D eigenvalue weighted by molar-refractivity contribution is 5.99. The molecular formula is C9H16NO3+. The number of Topliss-reactive ketones (excluding diaryl/α,β-unsaturated/α-hetero) is 1. The molecule has 1 fully saturated rings. The van der Waals surface area contributed by atoms with E-state index in [1.165, 1.54) is 4.90 Å². The van der Waals surface area contributed by atoms with Crippen molar-refractivity contribution < 1.29 is 19.2 Å². The van der Waals surface area contributed by atoms with Crippen molar-refractivity contribution in [1.29, 1.82) is 0 Å². The Hall–Kier alpha value is -0.900. The standard InChI is InChI=1S/C9H15NO3/c1-3-13-9(12)7-6-10(2)5-4-8(7)11/h7H,3-6H2,1-2H3/p+1. The summed E-state index contributed by atoms with van der Waals surface area (Å²) in [4.78, 5) is 23.9. The molecule has 0 amide bonds. The fourth-order valence-electron chi connectivity index (χ4n) is 1.53. The van der Waals surface area contributed by atoms with Gasteiger partial charge < -0.3 is 9.64 Å². The fourth-order valence-corrected chi connectivity index (χ4v) is 1.53. The number of hydrogen-bond donors (Lipinski definition) is 1. The van der Waals surface area contributed by atoms with Crippen molar-refractivity contribution in [2.75, 3.05) is 26.7 Å². The summed E-state index contributed by atoms with van der Waals surface area (Å²) in [7, 11) is 1.98. The smallest absolute Gasteiger partial charge is 0.322 e. The van der Waals surface area contributed by atoms with Crippen LogP contribution in [0.25, 0.3) is 0 Å². The highest BCUT2D eigenvalue weighted by Gasteiger charge is 2.35. The Labute approximate surface area is 77.8 Å². The predicted octanol–water partition coefficient (Wildman–Crippen LogP) is -1.35. The molecule has 4 heteroatoms. The molecular weight excluding hydrogens is 170 g/mol. The second-order valence-corrected chi connectivity index (χ2v) is 3.43. The lowest BCUT2D eigenvalue weighted by atomic mass is 9.97. The van der Waals surface area contributed by atoms with Gasteiger partial charge in [-0.25, -0.2) is 0 Å². The number of ketones is 1. The molecule has 2 atom stereocenters. The van der Waals surface area contributed by atoms with Crippen LogP contribution in [0.2, 0.25) is 0 Å². The third kappa shape index (κ3) is 2.52. The average molecular weight is 186 g/mol.